The summed E-state index contributed by atoms with van der Waals surface area (Å²) in [7, 11) is -3.81. The highest BCUT2D eigenvalue weighted by molar-refractivity contribution is 7.86. The molecule has 0 amide bonds. The van der Waals surface area contributed by atoms with Crippen molar-refractivity contribution in [1.82, 2.24) is 0 Å². The Balaban J connectivity index is 4.02. The minimum Gasteiger partial charge on any atom is -0.270 e. The monoisotopic (exact) mass is 284 g/mol. The van der Waals surface area contributed by atoms with Crippen LogP contribution in [-0.4, -0.2) is 32.9 Å². The van der Waals surface area contributed by atoms with E-state index >= 15 is 0 Å². The van der Waals surface area contributed by atoms with E-state index in [1.165, 1.54) is 6.92 Å². The van der Waals surface area contributed by atoms with E-state index in [2.05, 4.69) is 4.18 Å². The highest BCUT2D eigenvalue weighted by atomic mass is 32.2. The molecular weight excluding hydrogens is 271 g/mol. The fraction of sp³-hybridized carbons (Fsp3) is 1.00. The second-order valence-electron chi connectivity index (χ2n) is 3.33. The third-order valence-corrected chi connectivity index (χ3v) is 3.23. The van der Waals surface area contributed by atoms with Gasteiger partial charge in [0.15, 0.2) is 0 Å². The first-order valence-corrected chi connectivity index (χ1v) is 6.41. The van der Waals surface area contributed by atoms with Gasteiger partial charge in [-0.25, -0.2) is 0 Å². The maximum absolute atomic E-state index is 12.4. The number of halogens is 5. The number of rotatable bonds is 7. The molecule has 0 saturated heterocycles. The zero-order valence-corrected chi connectivity index (χ0v) is 9.87. The second kappa shape index (κ2) is 5.94. The molecule has 0 N–H and O–H groups in total. The Hall–Kier alpha value is -0.440. The van der Waals surface area contributed by atoms with E-state index in [9.17, 15) is 30.4 Å². The van der Waals surface area contributed by atoms with Crippen LogP contribution in [0.2, 0.25) is 0 Å². The molecule has 0 heterocycles. The van der Waals surface area contributed by atoms with Crippen LogP contribution in [0.5, 0.6) is 0 Å². The van der Waals surface area contributed by atoms with E-state index < -0.39 is 40.8 Å². The van der Waals surface area contributed by atoms with E-state index in [0.717, 1.165) is 0 Å². The van der Waals surface area contributed by atoms with Gasteiger partial charge in [0.05, 0.1) is 12.4 Å². The summed E-state index contributed by atoms with van der Waals surface area (Å²) in [5, 5.41) is 0. The van der Waals surface area contributed by atoms with Crippen LogP contribution in [0.15, 0.2) is 0 Å². The minimum absolute atomic E-state index is 0.0962. The molecular formula is C8H13F5O3S. The lowest BCUT2D eigenvalue weighted by Crippen LogP contribution is -2.36. The molecule has 0 aromatic rings. The Morgan fingerprint density at radius 1 is 1.06 bits per heavy atom. The van der Waals surface area contributed by atoms with Crippen LogP contribution in [0.3, 0.4) is 0 Å². The first-order chi connectivity index (χ1) is 7.52. The summed E-state index contributed by atoms with van der Waals surface area (Å²) in [6.07, 6.45) is -7.85. The Bertz CT molecular complexity index is 323. The molecule has 17 heavy (non-hydrogen) atoms. The van der Waals surface area contributed by atoms with Gasteiger partial charge in [-0.3, -0.25) is 4.18 Å². The lowest BCUT2D eigenvalue weighted by Gasteiger charge is -2.19. The molecule has 0 unspecified atom stereocenters. The average Bonchev–Trinajstić information content (AvgIpc) is 2.10. The van der Waals surface area contributed by atoms with Crippen LogP contribution < -0.4 is 0 Å². The summed E-state index contributed by atoms with van der Waals surface area (Å²) < 4.78 is 86.1. The van der Waals surface area contributed by atoms with Crippen molar-refractivity contribution < 1.29 is 34.6 Å². The van der Waals surface area contributed by atoms with Crippen molar-refractivity contribution in [1.29, 1.82) is 0 Å². The quantitative estimate of drug-likeness (QED) is 0.410. The molecule has 0 radical (unpaired) electrons. The molecule has 0 aliphatic rings. The summed E-state index contributed by atoms with van der Waals surface area (Å²) in [6.45, 7) is 1.33. The van der Waals surface area contributed by atoms with E-state index in [0.29, 0.717) is 0 Å². The molecule has 0 aromatic carbocycles. The Labute approximate surface area is 96.1 Å². The van der Waals surface area contributed by atoms with Crippen LogP contribution in [0.25, 0.3) is 0 Å². The lowest BCUT2D eigenvalue weighted by atomic mass is 10.1. The number of hydrogen-bond donors (Lipinski definition) is 0. The summed E-state index contributed by atoms with van der Waals surface area (Å²) in [6, 6.07) is 0. The first kappa shape index (κ1) is 16.6. The fourth-order valence-electron chi connectivity index (χ4n) is 1.01. The van der Waals surface area contributed by atoms with Crippen molar-refractivity contribution >= 4 is 10.1 Å². The standard InChI is InChI=1S/C8H13F5O3S/c1-2-16-17(14,15)6-4-3-5-7(9,10)8(11,12)13/h2-6H2,1H3. The fourth-order valence-corrected chi connectivity index (χ4v) is 2.04. The Morgan fingerprint density at radius 3 is 2.00 bits per heavy atom. The minimum atomic E-state index is -5.59. The summed E-state index contributed by atoms with van der Waals surface area (Å²) in [5.41, 5.74) is 0. The van der Waals surface area contributed by atoms with Crippen molar-refractivity contribution in [3.05, 3.63) is 0 Å². The molecule has 0 rings (SSSR count). The number of hydrogen-bond acceptors (Lipinski definition) is 3. The van der Waals surface area contributed by atoms with Gasteiger partial charge in [0.25, 0.3) is 10.1 Å². The zero-order chi connectivity index (χ0) is 13.7. The van der Waals surface area contributed by atoms with Gasteiger partial charge in [-0.05, 0) is 19.8 Å². The predicted octanol–water partition coefficient (Wildman–Crippen LogP) is 2.72. The number of unbranched alkanes of at least 4 members (excludes halogenated alkanes) is 1. The van der Waals surface area contributed by atoms with Gasteiger partial charge in [-0.2, -0.15) is 30.4 Å². The second-order valence-corrected chi connectivity index (χ2v) is 5.09. The average molecular weight is 284 g/mol. The predicted molar refractivity (Wildman–Crippen MR) is 50.3 cm³/mol. The van der Waals surface area contributed by atoms with Crippen LogP contribution in [-0.2, 0) is 14.3 Å². The van der Waals surface area contributed by atoms with Crippen molar-refractivity contribution in [3.63, 3.8) is 0 Å². The topological polar surface area (TPSA) is 43.4 Å². The van der Waals surface area contributed by atoms with Crippen LogP contribution >= 0.6 is 0 Å². The third-order valence-electron chi connectivity index (χ3n) is 1.85. The zero-order valence-electron chi connectivity index (χ0n) is 9.06. The normalized spacial score (nSPS) is 14.0. The molecule has 0 aliphatic heterocycles. The molecule has 0 bridgehead atoms. The molecule has 0 atom stereocenters. The highest BCUT2D eigenvalue weighted by Crippen LogP contribution is 2.39. The summed E-state index contributed by atoms with van der Waals surface area (Å²) in [4.78, 5) is 0. The van der Waals surface area contributed by atoms with E-state index in [-0.39, 0.29) is 13.0 Å². The van der Waals surface area contributed by atoms with Crippen LogP contribution in [0, 0.1) is 0 Å². The molecule has 0 aromatic heterocycles. The third kappa shape index (κ3) is 6.16. The van der Waals surface area contributed by atoms with Gasteiger partial charge >= 0.3 is 12.1 Å². The first-order valence-electron chi connectivity index (χ1n) is 4.83. The molecule has 0 fully saturated rings. The van der Waals surface area contributed by atoms with Gasteiger partial charge < -0.3 is 0 Å². The maximum atomic E-state index is 12.4. The number of alkyl halides is 5. The largest absolute Gasteiger partial charge is 0.453 e. The maximum Gasteiger partial charge on any atom is 0.453 e. The van der Waals surface area contributed by atoms with Crippen molar-refractivity contribution in [2.24, 2.45) is 0 Å². The summed E-state index contributed by atoms with van der Waals surface area (Å²) >= 11 is 0. The summed E-state index contributed by atoms with van der Waals surface area (Å²) in [5.74, 6) is -5.34. The SMILES string of the molecule is CCOS(=O)(=O)CCCCC(F)(F)C(F)(F)F. The smallest absolute Gasteiger partial charge is 0.270 e. The lowest BCUT2D eigenvalue weighted by molar-refractivity contribution is -0.284. The van der Waals surface area contributed by atoms with E-state index in [1.807, 2.05) is 0 Å². The van der Waals surface area contributed by atoms with Crippen LogP contribution in [0.4, 0.5) is 22.0 Å². The van der Waals surface area contributed by atoms with Crippen molar-refractivity contribution in [3.8, 4) is 0 Å². The van der Waals surface area contributed by atoms with Crippen LogP contribution in [0.1, 0.15) is 26.2 Å². The molecule has 0 aliphatic carbocycles. The molecule has 0 saturated carbocycles. The highest BCUT2D eigenvalue weighted by Gasteiger charge is 2.56. The Kier molecular flexibility index (Phi) is 5.79. The molecule has 9 heteroatoms. The van der Waals surface area contributed by atoms with Gasteiger partial charge in [0.2, 0.25) is 0 Å². The van der Waals surface area contributed by atoms with Crippen molar-refractivity contribution in [2.45, 2.75) is 38.3 Å². The van der Waals surface area contributed by atoms with Gasteiger partial charge in [-0.1, -0.05) is 0 Å². The van der Waals surface area contributed by atoms with Gasteiger partial charge in [-0.15, -0.1) is 0 Å². The van der Waals surface area contributed by atoms with Crippen molar-refractivity contribution in [2.75, 3.05) is 12.4 Å². The molecule has 104 valence electrons. The van der Waals surface area contributed by atoms with Gasteiger partial charge in [0, 0.05) is 6.42 Å². The Morgan fingerprint density at radius 2 is 1.59 bits per heavy atom. The molecule has 0 spiro atoms. The molecule has 3 nitrogen and oxygen atoms in total. The van der Waals surface area contributed by atoms with E-state index in [1.54, 1.807) is 0 Å². The van der Waals surface area contributed by atoms with Gasteiger partial charge in [0.1, 0.15) is 0 Å². The van der Waals surface area contributed by atoms with E-state index in [4.69, 9.17) is 0 Å².